The topological polar surface area (TPSA) is 105 Å². The molecule has 0 radical (unpaired) electrons. The zero-order chi connectivity index (χ0) is 23.0. The lowest BCUT2D eigenvalue weighted by molar-refractivity contribution is -0.118. The van der Waals surface area contributed by atoms with Gasteiger partial charge in [-0.2, -0.15) is 5.10 Å². The zero-order valence-electron chi connectivity index (χ0n) is 17.2. The zero-order valence-corrected chi connectivity index (χ0v) is 19.6. The third-order valence-corrected chi connectivity index (χ3v) is 7.77. The molecule has 33 heavy (non-hydrogen) atoms. The van der Waals surface area contributed by atoms with Crippen molar-refractivity contribution < 1.29 is 14.7 Å². The van der Waals surface area contributed by atoms with Crippen LogP contribution in [0.5, 0.6) is 0 Å². The summed E-state index contributed by atoms with van der Waals surface area (Å²) in [6.07, 6.45) is 1.32. The number of aromatic nitrogens is 2. The van der Waals surface area contributed by atoms with Crippen LogP contribution in [0.25, 0.3) is 10.8 Å². The molecule has 1 amide bonds. The van der Waals surface area contributed by atoms with Crippen LogP contribution in [0.15, 0.2) is 80.5 Å². The van der Waals surface area contributed by atoms with Gasteiger partial charge in [-0.25, -0.2) is 10.2 Å². The van der Waals surface area contributed by atoms with Crippen LogP contribution in [0, 0.1) is 0 Å². The minimum atomic E-state index is -1.05. The maximum Gasteiger partial charge on any atom is 0.336 e. The van der Waals surface area contributed by atoms with Crippen LogP contribution in [0.2, 0.25) is 0 Å². The number of hydrogen-bond acceptors (Lipinski definition) is 8. The summed E-state index contributed by atoms with van der Waals surface area (Å²) < 4.78 is 1.54. The van der Waals surface area contributed by atoms with E-state index in [9.17, 15) is 14.7 Å². The molecule has 0 aliphatic carbocycles. The Bertz CT molecular complexity index is 1320. The number of aromatic carboxylic acids is 1. The van der Waals surface area contributed by atoms with E-state index in [4.69, 9.17) is 0 Å². The second-order valence-corrected chi connectivity index (χ2v) is 10.2. The summed E-state index contributed by atoms with van der Waals surface area (Å²) in [7, 11) is 0. The molecule has 0 bridgehead atoms. The molecule has 1 heterocycles. The standard InChI is InChI=1S/C23H18N4O3S3/c28-20(25-24-12-16-7-2-4-11-19(16)21(29)30)14-32-23-27-26-22(33-23)31-13-17-9-5-8-15-6-1-3-10-18(15)17/h1-12H,13-14H2,(H,25,28)(H,29,30)/b24-12-. The molecular weight excluding hydrogens is 476 g/mol. The van der Waals surface area contributed by atoms with Crippen LogP contribution in [0.4, 0.5) is 0 Å². The summed E-state index contributed by atoms with van der Waals surface area (Å²) in [5.41, 5.74) is 4.18. The number of carboxylic acid groups (broad SMARTS) is 1. The molecule has 0 aliphatic heterocycles. The summed E-state index contributed by atoms with van der Waals surface area (Å²) in [6, 6.07) is 21.0. The SMILES string of the molecule is O=C(CSc1nnc(SCc2cccc3ccccc23)s1)N/N=C\c1ccccc1C(=O)O. The largest absolute Gasteiger partial charge is 0.478 e. The van der Waals surface area contributed by atoms with Crippen molar-refractivity contribution in [3.63, 3.8) is 0 Å². The van der Waals surface area contributed by atoms with E-state index < -0.39 is 5.97 Å². The highest BCUT2D eigenvalue weighted by Gasteiger charge is 2.10. The molecule has 1 aromatic heterocycles. The lowest BCUT2D eigenvalue weighted by Crippen LogP contribution is -2.19. The summed E-state index contributed by atoms with van der Waals surface area (Å²) in [6.45, 7) is 0. The minimum absolute atomic E-state index is 0.118. The van der Waals surface area contributed by atoms with E-state index in [2.05, 4.69) is 51.1 Å². The minimum Gasteiger partial charge on any atom is -0.478 e. The monoisotopic (exact) mass is 494 g/mol. The van der Waals surface area contributed by atoms with Crippen LogP contribution in [0.3, 0.4) is 0 Å². The van der Waals surface area contributed by atoms with Gasteiger partial charge >= 0.3 is 5.97 Å². The van der Waals surface area contributed by atoms with E-state index >= 15 is 0 Å². The van der Waals surface area contributed by atoms with Gasteiger partial charge in [-0.1, -0.05) is 95.5 Å². The number of nitrogens with one attached hydrogen (secondary N) is 1. The lowest BCUT2D eigenvalue weighted by atomic mass is 10.1. The van der Waals surface area contributed by atoms with Crippen LogP contribution in [-0.4, -0.2) is 39.1 Å². The second-order valence-electron chi connectivity index (χ2n) is 6.74. The summed E-state index contributed by atoms with van der Waals surface area (Å²) >= 11 is 4.34. The molecule has 0 spiro atoms. The number of hydrogen-bond donors (Lipinski definition) is 2. The van der Waals surface area contributed by atoms with Crippen molar-refractivity contribution >= 4 is 63.7 Å². The molecule has 4 rings (SSSR count). The molecule has 0 aliphatic rings. The fourth-order valence-electron chi connectivity index (χ4n) is 3.01. The van der Waals surface area contributed by atoms with Crippen molar-refractivity contribution in [1.82, 2.24) is 15.6 Å². The Morgan fingerprint density at radius 2 is 1.70 bits per heavy atom. The van der Waals surface area contributed by atoms with Crippen molar-refractivity contribution in [2.45, 2.75) is 14.4 Å². The molecular formula is C23H18N4O3S3. The summed E-state index contributed by atoms with van der Waals surface area (Å²) in [5.74, 6) is -0.456. The Kier molecular flexibility index (Phi) is 7.71. The van der Waals surface area contributed by atoms with Gasteiger partial charge in [0.15, 0.2) is 8.68 Å². The Hall–Kier alpha value is -3.21. The fourth-order valence-corrected chi connectivity index (χ4v) is 5.83. The number of rotatable bonds is 9. The number of carbonyl (C=O) groups excluding carboxylic acids is 1. The first kappa shape index (κ1) is 23.0. The highest BCUT2D eigenvalue weighted by Crippen LogP contribution is 2.32. The Morgan fingerprint density at radius 1 is 0.970 bits per heavy atom. The number of hydrazone groups is 1. The van der Waals surface area contributed by atoms with Crippen molar-refractivity contribution in [3.05, 3.63) is 83.4 Å². The first-order valence-corrected chi connectivity index (χ1v) is 12.6. The molecule has 10 heteroatoms. The number of benzene rings is 3. The number of amides is 1. The Balaban J connectivity index is 1.27. The number of carboxylic acids is 1. The number of thioether (sulfide) groups is 2. The molecule has 0 saturated heterocycles. The smallest absolute Gasteiger partial charge is 0.336 e. The maximum atomic E-state index is 12.1. The quantitative estimate of drug-likeness (QED) is 0.193. The van der Waals surface area contributed by atoms with Crippen molar-refractivity contribution in [2.75, 3.05) is 5.75 Å². The van der Waals surface area contributed by atoms with Crippen LogP contribution in [0.1, 0.15) is 21.5 Å². The lowest BCUT2D eigenvalue weighted by Gasteiger charge is -2.04. The van der Waals surface area contributed by atoms with E-state index in [1.165, 1.54) is 51.7 Å². The highest BCUT2D eigenvalue weighted by atomic mass is 32.2. The fraction of sp³-hybridized carbons (Fsp3) is 0.0870. The summed E-state index contributed by atoms with van der Waals surface area (Å²) in [4.78, 5) is 23.3. The van der Waals surface area contributed by atoms with Gasteiger partial charge in [-0.15, -0.1) is 10.2 Å². The average Bonchev–Trinajstić information content (AvgIpc) is 3.29. The normalized spacial score (nSPS) is 11.2. The third kappa shape index (κ3) is 6.19. The highest BCUT2D eigenvalue weighted by molar-refractivity contribution is 8.03. The summed E-state index contributed by atoms with van der Waals surface area (Å²) in [5, 5.41) is 23.8. The Labute approximate surface area is 202 Å². The van der Waals surface area contributed by atoms with Crippen LogP contribution in [-0.2, 0) is 10.5 Å². The van der Waals surface area contributed by atoms with E-state index in [0.717, 1.165) is 10.1 Å². The average molecular weight is 495 g/mol. The molecule has 0 atom stereocenters. The van der Waals surface area contributed by atoms with Gasteiger partial charge in [-0.3, -0.25) is 4.79 Å². The van der Waals surface area contributed by atoms with Crippen LogP contribution < -0.4 is 5.43 Å². The van der Waals surface area contributed by atoms with Gasteiger partial charge < -0.3 is 5.11 Å². The van der Waals surface area contributed by atoms with Crippen molar-refractivity contribution in [1.29, 1.82) is 0 Å². The first-order chi connectivity index (χ1) is 16.1. The van der Waals surface area contributed by atoms with E-state index in [1.54, 1.807) is 30.0 Å². The maximum absolute atomic E-state index is 12.1. The van der Waals surface area contributed by atoms with Crippen molar-refractivity contribution in [2.24, 2.45) is 5.10 Å². The van der Waals surface area contributed by atoms with Gasteiger partial charge in [0, 0.05) is 11.3 Å². The predicted octanol–water partition coefficient (Wildman–Crippen LogP) is 4.92. The Morgan fingerprint density at radius 3 is 2.55 bits per heavy atom. The van der Waals surface area contributed by atoms with Gasteiger partial charge in [0.05, 0.1) is 17.5 Å². The molecule has 166 valence electrons. The number of carbonyl (C=O) groups is 2. The number of nitrogens with zero attached hydrogens (tertiary/aromatic N) is 3. The van der Waals surface area contributed by atoms with E-state index in [0.29, 0.717) is 9.90 Å². The molecule has 2 N–H and O–H groups in total. The second kappa shape index (κ2) is 11.1. The molecule has 3 aromatic carbocycles. The van der Waals surface area contributed by atoms with Gasteiger partial charge in [0.1, 0.15) is 0 Å². The molecule has 0 unspecified atom stereocenters. The van der Waals surface area contributed by atoms with Crippen LogP contribution >= 0.6 is 34.9 Å². The van der Waals surface area contributed by atoms with Gasteiger partial charge in [0.2, 0.25) is 0 Å². The molecule has 4 aromatic rings. The molecule has 0 saturated carbocycles. The van der Waals surface area contributed by atoms with Gasteiger partial charge in [0.25, 0.3) is 5.91 Å². The van der Waals surface area contributed by atoms with Crippen molar-refractivity contribution in [3.8, 4) is 0 Å². The van der Waals surface area contributed by atoms with E-state index in [1.807, 2.05) is 12.1 Å². The predicted molar refractivity (Wildman–Crippen MR) is 133 cm³/mol. The first-order valence-electron chi connectivity index (χ1n) is 9.80. The van der Waals surface area contributed by atoms with Gasteiger partial charge in [-0.05, 0) is 22.4 Å². The number of fused-ring (bicyclic) bond motifs is 1. The third-order valence-electron chi connectivity index (χ3n) is 4.53. The van der Waals surface area contributed by atoms with E-state index in [-0.39, 0.29) is 17.2 Å². The molecule has 0 fully saturated rings. The molecule has 7 nitrogen and oxygen atoms in total.